The molecule has 1 aromatic carbocycles. The molecule has 0 atom stereocenters. The number of hydrogen-bond acceptors (Lipinski definition) is 5. The van der Waals surface area contributed by atoms with Gasteiger partial charge in [-0.05, 0) is 44.5 Å². The quantitative estimate of drug-likeness (QED) is 0.539. The summed E-state index contributed by atoms with van der Waals surface area (Å²) in [5.41, 5.74) is 2.28. The van der Waals surface area contributed by atoms with Crippen LogP contribution in [0.2, 0.25) is 5.15 Å². The van der Waals surface area contributed by atoms with Crippen molar-refractivity contribution < 1.29 is 19.1 Å². The molecule has 0 bridgehead atoms. The van der Waals surface area contributed by atoms with Gasteiger partial charge in [0.05, 0.1) is 19.3 Å². The minimum atomic E-state index is -0.630. The first-order valence-corrected chi connectivity index (χ1v) is 9.18. The predicted octanol–water partition coefficient (Wildman–Crippen LogP) is 2.98. The number of amides is 1. The Morgan fingerprint density at radius 1 is 1.36 bits per heavy atom. The zero-order chi connectivity index (χ0) is 20.7. The maximum Gasteiger partial charge on any atom is 0.331 e. The van der Waals surface area contributed by atoms with E-state index in [-0.39, 0.29) is 18.6 Å². The average molecular weight is 406 g/mol. The molecule has 0 aliphatic rings. The van der Waals surface area contributed by atoms with Gasteiger partial charge in [-0.2, -0.15) is 5.10 Å². The zero-order valence-corrected chi connectivity index (χ0v) is 17.1. The largest absolute Gasteiger partial charge is 0.497 e. The molecule has 1 N–H and O–H groups in total. The number of halogens is 1. The standard InChI is InChI=1S/C20H24ClN3O4/c1-13(2)22-18(25)12-28-19(26)9-8-17-14(3)23-24(20(17)21)11-15-6-5-7-16(10-15)27-4/h5-10,13H,11-12H2,1-4H3,(H,22,25)/b9-8+. The molecule has 8 heteroatoms. The normalized spacial score (nSPS) is 11.1. The van der Waals surface area contributed by atoms with Crippen LogP contribution in [0.5, 0.6) is 5.75 Å². The van der Waals surface area contributed by atoms with E-state index < -0.39 is 5.97 Å². The van der Waals surface area contributed by atoms with Gasteiger partial charge < -0.3 is 14.8 Å². The molecule has 0 fully saturated rings. The lowest BCUT2D eigenvalue weighted by atomic mass is 10.2. The van der Waals surface area contributed by atoms with Crippen molar-refractivity contribution in [1.82, 2.24) is 15.1 Å². The van der Waals surface area contributed by atoms with Gasteiger partial charge >= 0.3 is 5.97 Å². The number of aryl methyl sites for hydroxylation is 1. The molecule has 1 heterocycles. The van der Waals surface area contributed by atoms with E-state index in [0.29, 0.717) is 23.0 Å². The molecule has 0 unspecified atom stereocenters. The van der Waals surface area contributed by atoms with E-state index in [4.69, 9.17) is 21.1 Å². The Morgan fingerprint density at radius 3 is 2.79 bits per heavy atom. The van der Waals surface area contributed by atoms with Gasteiger partial charge in [0.2, 0.25) is 0 Å². The topological polar surface area (TPSA) is 82.5 Å². The Balaban J connectivity index is 2.03. The number of carbonyl (C=O) groups is 2. The van der Waals surface area contributed by atoms with E-state index in [0.717, 1.165) is 11.3 Å². The second kappa shape index (κ2) is 9.94. The molecule has 0 spiro atoms. The highest BCUT2D eigenvalue weighted by Gasteiger charge is 2.13. The first-order valence-electron chi connectivity index (χ1n) is 8.80. The molecule has 0 saturated carbocycles. The zero-order valence-electron chi connectivity index (χ0n) is 16.4. The predicted molar refractivity (Wildman–Crippen MR) is 107 cm³/mol. The number of hydrogen-bond donors (Lipinski definition) is 1. The van der Waals surface area contributed by atoms with Crippen LogP contribution in [0.25, 0.3) is 6.08 Å². The maximum atomic E-state index is 11.8. The molecule has 0 saturated heterocycles. The number of esters is 1. The monoisotopic (exact) mass is 405 g/mol. The number of methoxy groups -OCH3 is 1. The highest BCUT2D eigenvalue weighted by molar-refractivity contribution is 6.31. The van der Waals surface area contributed by atoms with Crippen molar-refractivity contribution in [1.29, 1.82) is 0 Å². The maximum absolute atomic E-state index is 11.8. The van der Waals surface area contributed by atoms with Gasteiger partial charge in [-0.1, -0.05) is 23.7 Å². The third-order valence-electron chi connectivity index (χ3n) is 3.76. The summed E-state index contributed by atoms with van der Waals surface area (Å²) in [7, 11) is 1.61. The molecule has 2 aromatic rings. The SMILES string of the molecule is COc1cccc(Cn2nc(C)c(/C=C/C(=O)OCC(=O)NC(C)C)c2Cl)c1. The molecule has 1 amide bonds. The number of aromatic nitrogens is 2. The molecule has 0 aliphatic carbocycles. The molecule has 1 aromatic heterocycles. The van der Waals surface area contributed by atoms with Crippen LogP contribution in [0.1, 0.15) is 30.7 Å². The Bertz CT molecular complexity index is 874. The van der Waals surface area contributed by atoms with Crippen molar-refractivity contribution in [2.75, 3.05) is 13.7 Å². The van der Waals surface area contributed by atoms with Crippen LogP contribution in [0.15, 0.2) is 30.3 Å². The van der Waals surface area contributed by atoms with Crippen molar-refractivity contribution in [3.8, 4) is 5.75 Å². The van der Waals surface area contributed by atoms with Crippen LogP contribution in [0.4, 0.5) is 0 Å². The van der Waals surface area contributed by atoms with E-state index in [1.54, 1.807) is 18.7 Å². The second-order valence-electron chi connectivity index (χ2n) is 6.46. The summed E-state index contributed by atoms with van der Waals surface area (Å²) in [6.45, 7) is 5.59. The van der Waals surface area contributed by atoms with Crippen LogP contribution < -0.4 is 10.1 Å². The van der Waals surface area contributed by atoms with Crippen molar-refractivity contribution in [2.45, 2.75) is 33.4 Å². The summed E-state index contributed by atoms with van der Waals surface area (Å²) >= 11 is 6.42. The molecule has 0 aliphatic heterocycles. The molecule has 0 radical (unpaired) electrons. The fraction of sp³-hybridized carbons (Fsp3) is 0.350. The second-order valence-corrected chi connectivity index (χ2v) is 6.82. The van der Waals surface area contributed by atoms with Gasteiger partial charge in [-0.15, -0.1) is 0 Å². The van der Waals surface area contributed by atoms with Gasteiger partial charge in [0.1, 0.15) is 10.9 Å². The first-order chi connectivity index (χ1) is 13.3. The number of ether oxygens (including phenoxy) is 2. The Hall–Kier alpha value is -2.80. The molecule has 150 valence electrons. The smallest absolute Gasteiger partial charge is 0.331 e. The van der Waals surface area contributed by atoms with E-state index in [2.05, 4.69) is 10.4 Å². The lowest BCUT2D eigenvalue weighted by Crippen LogP contribution is -2.33. The average Bonchev–Trinajstić information content (AvgIpc) is 2.91. The van der Waals surface area contributed by atoms with E-state index in [1.807, 2.05) is 38.1 Å². The van der Waals surface area contributed by atoms with Gasteiger partial charge in [-0.3, -0.25) is 4.79 Å². The molecular weight excluding hydrogens is 382 g/mol. The Morgan fingerprint density at radius 2 is 2.11 bits per heavy atom. The van der Waals surface area contributed by atoms with Crippen molar-refractivity contribution in [3.63, 3.8) is 0 Å². The van der Waals surface area contributed by atoms with Crippen molar-refractivity contribution in [2.24, 2.45) is 0 Å². The summed E-state index contributed by atoms with van der Waals surface area (Å²) in [4.78, 5) is 23.3. The minimum absolute atomic E-state index is 0.0152. The number of nitrogens with one attached hydrogen (secondary N) is 1. The van der Waals surface area contributed by atoms with E-state index >= 15 is 0 Å². The van der Waals surface area contributed by atoms with Crippen LogP contribution >= 0.6 is 11.6 Å². The third-order valence-corrected chi connectivity index (χ3v) is 4.16. The first kappa shape index (κ1) is 21.5. The van der Waals surface area contributed by atoms with Crippen LogP contribution in [0.3, 0.4) is 0 Å². The molecular formula is C20H24ClN3O4. The lowest BCUT2D eigenvalue weighted by Gasteiger charge is -2.07. The van der Waals surface area contributed by atoms with Crippen molar-refractivity contribution >= 4 is 29.6 Å². The summed E-state index contributed by atoms with van der Waals surface area (Å²) in [6, 6.07) is 7.59. The number of carbonyl (C=O) groups excluding carboxylic acids is 2. The van der Waals surface area contributed by atoms with Crippen LogP contribution in [-0.2, 0) is 20.9 Å². The number of nitrogens with zero attached hydrogens (tertiary/aromatic N) is 2. The summed E-state index contributed by atoms with van der Waals surface area (Å²) in [5, 5.41) is 7.47. The number of rotatable bonds is 8. The van der Waals surface area contributed by atoms with Crippen molar-refractivity contribution in [3.05, 3.63) is 52.3 Å². The third kappa shape index (κ3) is 6.13. The Labute approximate surface area is 169 Å². The Kier molecular flexibility index (Phi) is 7.63. The minimum Gasteiger partial charge on any atom is -0.497 e. The summed E-state index contributed by atoms with van der Waals surface area (Å²) < 4.78 is 11.8. The fourth-order valence-electron chi connectivity index (χ4n) is 2.50. The van der Waals surface area contributed by atoms with Gasteiger partial charge in [-0.25, -0.2) is 9.48 Å². The lowest BCUT2D eigenvalue weighted by molar-refractivity contribution is -0.143. The highest BCUT2D eigenvalue weighted by Crippen LogP contribution is 2.23. The van der Waals surface area contributed by atoms with E-state index in [1.165, 1.54) is 12.2 Å². The molecule has 2 rings (SSSR count). The van der Waals surface area contributed by atoms with Gasteiger partial charge in [0.25, 0.3) is 5.91 Å². The van der Waals surface area contributed by atoms with Gasteiger partial charge in [0.15, 0.2) is 6.61 Å². The highest BCUT2D eigenvalue weighted by atomic mass is 35.5. The van der Waals surface area contributed by atoms with Crippen LogP contribution in [-0.4, -0.2) is 41.4 Å². The fourth-order valence-corrected chi connectivity index (χ4v) is 2.80. The summed E-state index contributed by atoms with van der Waals surface area (Å²) in [6.07, 6.45) is 2.77. The summed E-state index contributed by atoms with van der Waals surface area (Å²) in [5.74, 6) is -0.228. The van der Waals surface area contributed by atoms with E-state index in [9.17, 15) is 9.59 Å². The molecule has 7 nitrogen and oxygen atoms in total. The molecule has 28 heavy (non-hydrogen) atoms. The van der Waals surface area contributed by atoms with Gasteiger partial charge in [0, 0.05) is 17.7 Å². The number of benzene rings is 1. The van der Waals surface area contributed by atoms with Crippen LogP contribution in [0, 0.1) is 6.92 Å².